The fourth-order valence-corrected chi connectivity index (χ4v) is 0.348. The molecule has 0 radical (unpaired) electrons. The molecular weight excluding hydrogens is 142 g/mol. The van der Waals surface area contributed by atoms with E-state index in [1.165, 1.54) is 6.42 Å². The molecule has 0 aromatic carbocycles. The van der Waals surface area contributed by atoms with Crippen molar-refractivity contribution in [3.8, 4) is 0 Å². The number of hydrogen-bond acceptors (Lipinski definition) is 2. The summed E-state index contributed by atoms with van der Waals surface area (Å²) in [5.41, 5.74) is 0. The Morgan fingerprint density at radius 3 is 2.00 bits per heavy atom. The first-order chi connectivity index (χ1) is 5.31. The van der Waals surface area contributed by atoms with Crippen molar-refractivity contribution in [2.45, 2.75) is 34.1 Å². The number of rotatable bonds is 0. The molecule has 3 nitrogen and oxygen atoms in total. The summed E-state index contributed by atoms with van der Waals surface area (Å²) in [6.45, 7) is 9.44. The van der Waals surface area contributed by atoms with Gasteiger partial charge in [0.2, 0.25) is 0 Å². The molecule has 0 saturated carbocycles. The van der Waals surface area contributed by atoms with Crippen LogP contribution >= 0.6 is 0 Å². The highest BCUT2D eigenvalue weighted by Crippen LogP contribution is 1.82. The van der Waals surface area contributed by atoms with Gasteiger partial charge in [-0.3, -0.25) is 0 Å². The van der Waals surface area contributed by atoms with E-state index in [-0.39, 0.29) is 6.09 Å². The minimum atomic E-state index is -0.296. The lowest BCUT2D eigenvalue weighted by atomic mass is 10.6. The van der Waals surface area contributed by atoms with E-state index in [2.05, 4.69) is 23.9 Å². The maximum absolute atomic E-state index is 9.91. The van der Waals surface area contributed by atoms with E-state index in [0.717, 1.165) is 0 Å². The molecule has 0 aromatic heterocycles. The summed E-state index contributed by atoms with van der Waals surface area (Å²) in [4.78, 5) is 9.91. The zero-order chi connectivity index (χ0) is 9.11. The number of carbonyl (C=O) groups excluding carboxylic acids is 1. The van der Waals surface area contributed by atoms with Crippen molar-refractivity contribution in [1.29, 1.82) is 0 Å². The van der Waals surface area contributed by atoms with Crippen LogP contribution in [0.15, 0.2) is 0 Å². The van der Waals surface area contributed by atoms with E-state index in [1.807, 2.05) is 13.8 Å². The van der Waals surface area contributed by atoms with Crippen LogP contribution < -0.4 is 5.32 Å². The molecular formula is C8H19NO2. The van der Waals surface area contributed by atoms with Crippen LogP contribution in [0.1, 0.15) is 34.1 Å². The van der Waals surface area contributed by atoms with Gasteiger partial charge in [0.15, 0.2) is 0 Å². The van der Waals surface area contributed by atoms with Gasteiger partial charge in [-0.1, -0.05) is 34.1 Å². The lowest BCUT2D eigenvalue weighted by Gasteiger charge is -1.80. The molecule has 1 amide bonds. The topological polar surface area (TPSA) is 38.3 Å². The van der Waals surface area contributed by atoms with Gasteiger partial charge in [0, 0.05) is 0 Å². The first-order valence-electron chi connectivity index (χ1n) is 4.21. The molecule has 0 unspecified atom stereocenters. The van der Waals surface area contributed by atoms with E-state index < -0.39 is 0 Å². The van der Waals surface area contributed by atoms with Crippen molar-refractivity contribution in [3.05, 3.63) is 0 Å². The Kier molecular flexibility index (Phi) is 14.1. The molecule has 1 aliphatic heterocycles. The van der Waals surface area contributed by atoms with Crippen molar-refractivity contribution in [2.24, 2.45) is 0 Å². The van der Waals surface area contributed by atoms with Crippen molar-refractivity contribution in [3.63, 3.8) is 0 Å². The van der Waals surface area contributed by atoms with Gasteiger partial charge < -0.3 is 10.1 Å². The van der Waals surface area contributed by atoms with Gasteiger partial charge >= 0.3 is 6.09 Å². The van der Waals surface area contributed by atoms with Crippen molar-refractivity contribution < 1.29 is 9.53 Å². The van der Waals surface area contributed by atoms with Crippen LogP contribution in [0, 0.1) is 0 Å². The predicted octanol–water partition coefficient (Wildman–Crippen LogP) is 2.17. The maximum Gasteiger partial charge on any atom is 0.407 e. The second-order valence-electron chi connectivity index (χ2n) is 1.77. The van der Waals surface area contributed by atoms with E-state index in [9.17, 15) is 4.79 Å². The minimum absolute atomic E-state index is 0.296. The Balaban J connectivity index is 0. The quantitative estimate of drug-likeness (QED) is 0.591. The molecule has 1 aliphatic rings. The molecule has 1 rings (SSSR count). The Bertz CT molecular complexity index is 76.2. The third kappa shape index (κ3) is 12.5. The largest absolute Gasteiger partial charge is 0.448 e. The van der Waals surface area contributed by atoms with E-state index in [1.54, 1.807) is 0 Å². The number of alkyl carbamates (subject to hydrolysis) is 1. The van der Waals surface area contributed by atoms with Crippen molar-refractivity contribution >= 4 is 6.09 Å². The molecule has 11 heavy (non-hydrogen) atoms. The number of amides is 1. The lowest BCUT2D eigenvalue weighted by molar-refractivity contribution is 0.178. The van der Waals surface area contributed by atoms with Crippen LogP contribution in [-0.2, 0) is 4.74 Å². The lowest BCUT2D eigenvalue weighted by Crippen LogP contribution is -2.11. The Morgan fingerprint density at radius 2 is 1.91 bits per heavy atom. The molecule has 1 fully saturated rings. The van der Waals surface area contributed by atoms with E-state index in [4.69, 9.17) is 0 Å². The predicted molar refractivity (Wildman–Crippen MR) is 46.7 cm³/mol. The zero-order valence-corrected chi connectivity index (χ0v) is 7.94. The first kappa shape index (κ1) is 12.9. The highest BCUT2D eigenvalue weighted by molar-refractivity contribution is 5.68. The average Bonchev–Trinajstić information content (AvgIpc) is 2.46. The first-order valence-corrected chi connectivity index (χ1v) is 4.21. The van der Waals surface area contributed by atoms with Gasteiger partial charge in [-0.05, 0) is 0 Å². The second-order valence-corrected chi connectivity index (χ2v) is 1.77. The molecule has 3 heteroatoms. The van der Waals surface area contributed by atoms with Gasteiger partial charge in [-0.25, -0.2) is 4.79 Å². The highest BCUT2D eigenvalue weighted by Gasteiger charge is 2.06. The monoisotopic (exact) mass is 161 g/mol. The normalized spacial score (nSPS) is 12.9. The number of hydrogen-bond donors (Lipinski definition) is 1. The third-order valence-electron chi connectivity index (χ3n) is 0.605. The minimum Gasteiger partial charge on any atom is -0.448 e. The Morgan fingerprint density at radius 1 is 1.45 bits per heavy atom. The van der Waals surface area contributed by atoms with Crippen LogP contribution in [0.2, 0.25) is 0 Å². The summed E-state index contributed by atoms with van der Waals surface area (Å²) in [6.07, 6.45) is 0.954. The summed E-state index contributed by atoms with van der Waals surface area (Å²) in [5, 5.41) is 2.46. The van der Waals surface area contributed by atoms with Gasteiger partial charge in [-0.15, -0.1) is 0 Å². The zero-order valence-electron chi connectivity index (χ0n) is 7.94. The highest BCUT2D eigenvalue weighted by atomic mass is 16.6. The molecule has 0 aromatic rings. The fraction of sp³-hybridized carbons (Fsp3) is 0.875. The van der Waals surface area contributed by atoms with Crippen LogP contribution in [0.3, 0.4) is 0 Å². The van der Waals surface area contributed by atoms with E-state index in [0.29, 0.717) is 13.2 Å². The van der Waals surface area contributed by atoms with E-state index >= 15 is 0 Å². The number of nitrogens with one attached hydrogen (secondary N) is 1. The Hall–Kier alpha value is -0.730. The smallest absolute Gasteiger partial charge is 0.407 e. The van der Waals surface area contributed by atoms with Crippen LogP contribution in [-0.4, -0.2) is 19.2 Å². The standard InChI is InChI=1S/C3H5NO2.C3H8.C2H6/c5-3-4-1-2-6-3;1-3-2;1-2/h1-2H2,(H,4,5);3H2,1-2H3;1-2H3. The molecule has 0 spiro atoms. The Labute approximate surface area is 69.1 Å². The molecule has 1 saturated heterocycles. The molecule has 0 atom stereocenters. The molecule has 1 N–H and O–H groups in total. The number of carbonyl (C=O) groups is 1. The van der Waals surface area contributed by atoms with Crippen LogP contribution in [0.5, 0.6) is 0 Å². The molecule has 1 heterocycles. The third-order valence-corrected chi connectivity index (χ3v) is 0.605. The van der Waals surface area contributed by atoms with Gasteiger partial charge in [0.05, 0.1) is 6.54 Å². The summed E-state index contributed by atoms with van der Waals surface area (Å²) in [7, 11) is 0. The summed E-state index contributed by atoms with van der Waals surface area (Å²) < 4.78 is 4.40. The number of cyclic esters (lactones) is 1. The van der Waals surface area contributed by atoms with Crippen molar-refractivity contribution in [1.82, 2.24) is 5.32 Å². The molecule has 0 bridgehead atoms. The summed E-state index contributed by atoms with van der Waals surface area (Å²) in [5.74, 6) is 0. The average molecular weight is 161 g/mol. The fourth-order valence-electron chi connectivity index (χ4n) is 0.348. The molecule has 68 valence electrons. The number of ether oxygens (including phenoxy) is 1. The maximum atomic E-state index is 9.91. The van der Waals surface area contributed by atoms with Crippen LogP contribution in [0.4, 0.5) is 4.79 Å². The SMILES string of the molecule is CC.CCC.O=C1NCCO1. The van der Waals surface area contributed by atoms with Crippen LogP contribution in [0.25, 0.3) is 0 Å². The van der Waals surface area contributed by atoms with Gasteiger partial charge in [0.1, 0.15) is 6.61 Å². The van der Waals surface area contributed by atoms with Gasteiger partial charge in [0.25, 0.3) is 0 Å². The van der Waals surface area contributed by atoms with Gasteiger partial charge in [-0.2, -0.15) is 0 Å². The van der Waals surface area contributed by atoms with Crippen molar-refractivity contribution in [2.75, 3.05) is 13.2 Å². The second kappa shape index (κ2) is 12.0. The summed E-state index contributed by atoms with van der Waals surface area (Å²) in [6, 6.07) is 0. The summed E-state index contributed by atoms with van der Waals surface area (Å²) >= 11 is 0. The molecule has 0 aliphatic carbocycles.